The van der Waals surface area contributed by atoms with Crippen LogP contribution in [0.25, 0.3) is 0 Å². The highest BCUT2D eigenvalue weighted by Gasteiger charge is 2.33. The number of anilines is 1. The summed E-state index contributed by atoms with van der Waals surface area (Å²) in [5.74, 6) is -0.296. The normalized spacial score (nSPS) is 16.7. The highest BCUT2D eigenvalue weighted by molar-refractivity contribution is 6.00. The molecule has 0 spiro atoms. The summed E-state index contributed by atoms with van der Waals surface area (Å²) in [7, 11) is 0. The van der Waals surface area contributed by atoms with Crippen LogP contribution < -0.4 is 10.2 Å². The lowest BCUT2D eigenvalue weighted by atomic mass is 10.1. The van der Waals surface area contributed by atoms with Gasteiger partial charge in [0, 0.05) is 6.20 Å². The molecule has 0 saturated carbocycles. The molecule has 0 bridgehead atoms. The van der Waals surface area contributed by atoms with Crippen molar-refractivity contribution in [2.24, 2.45) is 0 Å². The maximum absolute atomic E-state index is 12.7. The Morgan fingerprint density at radius 2 is 2.29 bits per heavy atom. The van der Waals surface area contributed by atoms with Gasteiger partial charge in [-0.05, 0) is 12.1 Å². The van der Waals surface area contributed by atoms with Crippen LogP contribution in [0.5, 0.6) is 0 Å². The van der Waals surface area contributed by atoms with E-state index in [4.69, 9.17) is 0 Å². The van der Waals surface area contributed by atoms with Gasteiger partial charge in [-0.25, -0.2) is 18.2 Å². The number of fused-ring (bicyclic) bond motifs is 1. The number of rotatable bonds is 3. The third kappa shape index (κ3) is 2.04. The van der Waals surface area contributed by atoms with Gasteiger partial charge in [-0.15, -0.1) is 0 Å². The lowest BCUT2D eigenvalue weighted by Gasteiger charge is -2.34. The van der Waals surface area contributed by atoms with E-state index in [1.54, 1.807) is 0 Å². The molecule has 1 unspecified atom stereocenters. The predicted molar refractivity (Wildman–Crippen MR) is 54.8 cm³/mol. The molecule has 1 aliphatic heterocycles. The molecule has 2 heterocycles. The second-order valence-corrected chi connectivity index (χ2v) is 3.56. The Hall–Kier alpha value is -1.79. The van der Waals surface area contributed by atoms with Gasteiger partial charge in [0.15, 0.2) is 0 Å². The lowest BCUT2D eigenvalue weighted by Crippen LogP contribution is -2.52. The summed E-state index contributed by atoms with van der Waals surface area (Å²) >= 11 is 0. The Morgan fingerprint density at radius 1 is 1.53 bits per heavy atom. The number of carbonyl (C=O) groups excluding carboxylic acids is 1. The van der Waals surface area contributed by atoms with Gasteiger partial charge < -0.3 is 10.2 Å². The van der Waals surface area contributed by atoms with Crippen molar-refractivity contribution in [1.29, 1.82) is 0 Å². The number of aromatic nitrogens is 1. The molecule has 17 heavy (non-hydrogen) atoms. The van der Waals surface area contributed by atoms with Crippen LogP contribution in [0.15, 0.2) is 18.3 Å². The fraction of sp³-hybridized carbons (Fsp3) is 0.400. The van der Waals surface area contributed by atoms with Crippen molar-refractivity contribution in [3.63, 3.8) is 0 Å². The quantitative estimate of drug-likeness (QED) is 0.870. The summed E-state index contributed by atoms with van der Waals surface area (Å²) in [4.78, 5) is 16.4. The van der Waals surface area contributed by atoms with Gasteiger partial charge in [0.1, 0.15) is 18.5 Å². The van der Waals surface area contributed by atoms with E-state index >= 15 is 0 Å². The average molecular weight is 245 g/mol. The number of alkyl halides is 3. The second kappa shape index (κ2) is 4.60. The zero-order chi connectivity index (χ0) is 12.4. The third-order valence-electron chi connectivity index (χ3n) is 2.56. The minimum Gasteiger partial charge on any atom is -0.334 e. The maximum atomic E-state index is 12.7. The Balaban J connectivity index is 2.38. The average Bonchev–Trinajstić information content (AvgIpc) is 2.33. The van der Waals surface area contributed by atoms with Gasteiger partial charge in [-0.3, -0.25) is 4.79 Å². The summed E-state index contributed by atoms with van der Waals surface area (Å²) in [6.07, 6.45) is -1.46. The minimum absolute atomic E-state index is 0.0965. The van der Waals surface area contributed by atoms with Crippen molar-refractivity contribution >= 4 is 11.7 Å². The van der Waals surface area contributed by atoms with Gasteiger partial charge in [0.25, 0.3) is 12.3 Å². The fourth-order valence-electron chi connectivity index (χ4n) is 1.69. The van der Waals surface area contributed by atoms with Gasteiger partial charge in [-0.2, -0.15) is 0 Å². The summed E-state index contributed by atoms with van der Waals surface area (Å²) < 4.78 is 37.9. The fourth-order valence-corrected chi connectivity index (χ4v) is 1.69. The number of nitrogens with zero attached hydrogens (tertiary/aromatic N) is 2. The molecule has 0 aliphatic carbocycles. The van der Waals surface area contributed by atoms with Crippen molar-refractivity contribution < 1.29 is 18.0 Å². The molecule has 1 N–H and O–H groups in total. The van der Waals surface area contributed by atoms with Crippen molar-refractivity contribution in [2.45, 2.75) is 12.5 Å². The molecule has 4 nitrogen and oxygen atoms in total. The molecule has 0 aromatic carbocycles. The van der Waals surface area contributed by atoms with Crippen LogP contribution in [0.2, 0.25) is 0 Å². The predicted octanol–water partition coefficient (Wildman–Crippen LogP) is 1.19. The van der Waals surface area contributed by atoms with Crippen molar-refractivity contribution in [3.8, 4) is 0 Å². The Morgan fingerprint density at radius 3 is 2.94 bits per heavy atom. The molecule has 92 valence electrons. The molecule has 1 amide bonds. The van der Waals surface area contributed by atoms with E-state index in [1.165, 1.54) is 18.3 Å². The number of amides is 1. The van der Waals surface area contributed by atoms with E-state index < -0.39 is 25.0 Å². The van der Waals surface area contributed by atoms with Crippen LogP contribution in [0.3, 0.4) is 0 Å². The van der Waals surface area contributed by atoms with Crippen LogP contribution in [0.1, 0.15) is 10.4 Å². The van der Waals surface area contributed by atoms with E-state index in [1.807, 2.05) is 0 Å². The first-order valence-corrected chi connectivity index (χ1v) is 4.99. The van der Waals surface area contributed by atoms with Gasteiger partial charge in [-0.1, -0.05) is 0 Å². The van der Waals surface area contributed by atoms with Gasteiger partial charge in [0.05, 0.1) is 12.2 Å². The van der Waals surface area contributed by atoms with Gasteiger partial charge in [0.2, 0.25) is 0 Å². The largest absolute Gasteiger partial charge is 0.334 e. The zero-order valence-electron chi connectivity index (χ0n) is 8.74. The van der Waals surface area contributed by atoms with E-state index in [0.29, 0.717) is 0 Å². The SMILES string of the molecule is O=C1NCN(C(CF)C(F)F)c2ncccc21. The highest BCUT2D eigenvalue weighted by Crippen LogP contribution is 2.24. The number of pyridine rings is 1. The van der Waals surface area contributed by atoms with Crippen LogP contribution in [-0.4, -0.2) is 36.7 Å². The summed E-state index contributed by atoms with van der Waals surface area (Å²) in [6, 6.07) is 1.39. The van der Waals surface area contributed by atoms with Crippen molar-refractivity contribution in [3.05, 3.63) is 23.9 Å². The summed E-state index contributed by atoms with van der Waals surface area (Å²) in [5.41, 5.74) is 0.179. The molecule has 0 saturated heterocycles. The van der Waals surface area contributed by atoms with E-state index in [0.717, 1.165) is 4.90 Å². The number of carbonyl (C=O) groups is 1. The molecule has 0 radical (unpaired) electrons. The first kappa shape index (κ1) is 11.7. The molecular weight excluding hydrogens is 235 g/mol. The first-order valence-electron chi connectivity index (χ1n) is 4.99. The molecule has 1 aromatic rings. The van der Waals surface area contributed by atoms with Crippen molar-refractivity contribution in [2.75, 3.05) is 18.2 Å². The van der Waals surface area contributed by atoms with Crippen LogP contribution >= 0.6 is 0 Å². The molecule has 0 fully saturated rings. The van der Waals surface area contributed by atoms with Crippen LogP contribution in [0.4, 0.5) is 19.0 Å². The second-order valence-electron chi connectivity index (χ2n) is 3.56. The molecule has 2 rings (SSSR count). The van der Waals surface area contributed by atoms with E-state index in [2.05, 4.69) is 10.3 Å². The summed E-state index contributed by atoms with van der Waals surface area (Å²) in [5, 5.41) is 2.40. The lowest BCUT2D eigenvalue weighted by molar-refractivity contribution is 0.0869. The smallest absolute Gasteiger partial charge is 0.261 e. The first-order chi connectivity index (χ1) is 8.15. The third-order valence-corrected chi connectivity index (χ3v) is 2.56. The molecule has 7 heteroatoms. The minimum atomic E-state index is -2.84. The number of nitrogens with one attached hydrogen (secondary N) is 1. The van der Waals surface area contributed by atoms with E-state index in [-0.39, 0.29) is 18.1 Å². The van der Waals surface area contributed by atoms with E-state index in [9.17, 15) is 18.0 Å². The van der Waals surface area contributed by atoms with Gasteiger partial charge >= 0.3 is 0 Å². The Bertz CT molecular complexity index is 427. The number of hydrogen-bond acceptors (Lipinski definition) is 3. The zero-order valence-corrected chi connectivity index (χ0v) is 8.74. The number of halogens is 3. The highest BCUT2D eigenvalue weighted by atomic mass is 19.3. The Kier molecular flexibility index (Phi) is 3.16. The standard InChI is InChI=1S/C10H10F3N3O/c11-4-7(8(12)13)16-5-15-10(17)6-2-1-3-14-9(6)16/h1-3,7-8H,4-5H2,(H,15,17). The molecule has 1 aromatic heterocycles. The monoisotopic (exact) mass is 245 g/mol. The summed E-state index contributed by atoms with van der Waals surface area (Å²) in [6.45, 7) is -1.37. The molecular formula is C10H10F3N3O. The van der Waals surface area contributed by atoms with Crippen LogP contribution in [-0.2, 0) is 0 Å². The Labute approximate surface area is 95.4 Å². The number of hydrogen-bond donors (Lipinski definition) is 1. The topological polar surface area (TPSA) is 45.2 Å². The maximum Gasteiger partial charge on any atom is 0.261 e. The van der Waals surface area contributed by atoms with Crippen molar-refractivity contribution in [1.82, 2.24) is 10.3 Å². The molecule has 1 aliphatic rings. The molecule has 1 atom stereocenters. The van der Waals surface area contributed by atoms with Crippen LogP contribution in [0, 0.1) is 0 Å².